The molecule has 1 aliphatic rings. The molecule has 19 heavy (non-hydrogen) atoms. The van der Waals surface area contributed by atoms with Crippen LogP contribution in [0.4, 0.5) is 5.69 Å². The first-order chi connectivity index (χ1) is 9.06. The molecule has 1 atom stereocenters. The summed E-state index contributed by atoms with van der Waals surface area (Å²) in [4.78, 5) is 8.99. The van der Waals surface area contributed by atoms with E-state index in [1.54, 1.807) is 6.92 Å². The Morgan fingerprint density at radius 2 is 2.05 bits per heavy atom. The van der Waals surface area contributed by atoms with Gasteiger partial charge in [0.05, 0.1) is 23.7 Å². The number of hydrogen-bond donors (Lipinski definition) is 1. The van der Waals surface area contributed by atoms with Gasteiger partial charge in [0.2, 0.25) is 0 Å². The van der Waals surface area contributed by atoms with Crippen molar-refractivity contribution in [1.82, 2.24) is 9.88 Å². The third kappa shape index (κ3) is 3.91. The lowest BCUT2D eigenvalue weighted by Crippen LogP contribution is -2.37. The molecule has 1 N–H and O–H groups in total. The summed E-state index contributed by atoms with van der Waals surface area (Å²) >= 11 is 0. The number of aromatic nitrogens is 1. The van der Waals surface area contributed by atoms with Gasteiger partial charge in [-0.3, -0.25) is 4.98 Å². The fourth-order valence-corrected chi connectivity index (χ4v) is 2.72. The number of nitrogens with zero attached hydrogens (tertiary/aromatic N) is 3. The molecule has 2 rings (SSSR count). The van der Waals surface area contributed by atoms with Gasteiger partial charge >= 0.3 is 0 Å². The molecule has 0 amide bonds. The highest BCUT2D eigenvalue weighted by Gasteiger charge is 2.20. The summed E-state index contributed by atoms with van der Waals surface area (Å²) in [6.07, 6.45) is 3.89. The maximum atomic E-state index is 9.46. The SMILES string of the molecule is CC(O)c1ccc(N2CCC(CN(C)C)CC2)cn1. The van der Waals surface area contributed by atoms with Crippen LogP contribution in [0.3, 0.4) is 0 Å². The van der Waals surface area contributed by atoms with Gasteiger partial charge in [0, 0.05) is 19.6 Å². The third-order valence-electron chi connectivity index (χ3n) is 3.80. The highest BCUT2D eigenvalue weighted by atomic mass is 16.3. The van der Waals surface area contributed by atoms with Crippen molar-refractivity contribution in [2.75, 3.05) is 38.6 Å². The van der Waals surface area contributed by atoms with Crippen LogP contribution in [0.15, 0.2) is 18.3 Å². The Labute approximate surface area is 116 Å². The lowest BCUT2D eigenvalue weighted by Gasteiger charge is -2.34. The minimum Gasteiger partial charge on any atom is -0.387 e. The smallest absolute Gasteiger partial charge is 0.0931 e. The second-order valence-corrected chi connectivity index (χ2v) is 5.81. The van der Waals surface area contributed by atoms with E-state index in [9.17, 15) is 5.11 Å². The first kappa shape index (κ1) is 14.3. The molecule has 2 heterocycles. The zero-order chi connectivity index (χ0) is 13.8. The van der Waals surface area contributed by atoms with E-state index in [1.807, 2.05) is 12.3 Å². The minimum atomic E-state index is -0.486. The minimum absolute atomic E-state index is 0.486. The van der Waals surface area contributed by atoms with E-state index >= 15 is 0 Å². The van der Waals surface area contributed by atoms with Gasteiger partial charge in [-0.25, -0.2) is 0 Å². The van der Waals surface area contributed by atoms with Crippen molar-refractivity contribution in [2.45, 2.75) is 25.9 Å². The van der Waals surface area contributed by atoms with Gasteiger partial charge in [0.15, 0.2) is 0 Å². The van der Waals surface area contributed by atoms with Crippen molar-refractivity contribution < 1.29 is 5.11 Å². The third-order valence-corrected chi connectivity index (χ3v) is 3.80. The normalized spacial score (nSPS) is 18.9. The van der Waals surface area contributed by atoms with Crippen LogP contribution in [0.1, 0.15) is 31.6 Å². The monoisotopic (exact) mass is 263 g/mol. The molecule has 0 radical (unpaired) electrons. The fourth-order valence-electron chi connectivity index (χ4n) is 2.72. The van der Waals surface area contributed by atoms with E-state index in [0.717, 1.165) is 24.7 Å². The molecule has 1 fully saturated rings. The molecule has 0 aromatic carbocycles. The lowest BCUT2D eigenvalue weighted by molar-refractivity contribution is 0.194. The van der Waals surface area contributed by atoms with Crippen LogP contribution in [0.2, 0.25) is 0 Å². The molecule has 0 bridgehead atoms. The highest BCUT2D eigenvalue weighted by Crippen LogP contribution is 2.23. The number of pyridine rings is 1. The molecule has 1 aromatic heterocycles. The van der Waals surface area contributed by atoms with Crippen LogP contribution < -0.4 is 4.90 Å². The lowest BCUT2D eigenvalue weighted by atomic mass is 9.96. The van der Waals surface area contributed by atoms with Crippen LogP contribution >= 0.6 is 0 Å². The molecular formula is C15H25N3O. The number of rotatable bonds is 4. The Bertz CT molecular complexity index is 381. The molecule has 1 aliphatic heterocycles. The Hall–Kier alpha value is -1.13. The molecule has 4 heteroatoms. The van der Waals surface area contributed by atoms with Crippen LogP contribution in [0.5, 0.6) is 0 Å². The molecule has 0 saturated carbocycles. The van der Waals surface area contributed by atoms with Crippen molar-refractivity contribution in [3.05, 3.63) is 24.0 Å². The van der Waals surface area contributed by atoms with Gasteiger partial charge in [-0.2, -0.15) is 0 Å². The number of aliphatic hydroxyl groups excluding tert-OH is 1. The van der Waals surface area contributed by atoms with Gasteiger partial charge in [-0.15, -0.1) is 0 Å². The van der Waals surface area contributed by atoms with E-state index < -0.39 is 6.10 Å². The summed E-state index contributed by atoms with van der Waals surface area (Å²) in [6.45, 7) is 5.14. The second-order valence-electron chi connectivity index (χ2n) is 5.81. The molecule has 106 valence electrons. The van der Waals surface area contributed by atoms with Gasteiger partial charge in [0.1, 0.15) is 0 Å². The summed E-state index contributed by atoms with van der Waals surface area (Å²) in [5, 5.41) is 9.46. The molecule has 1 unspecified atom stereocenters. The summed E-state index contributed by atoms with van der Waals surface area (Å²) in [6, 6.07) is 3.99. The van der Waals surface area contributed by atoms with Crippen LogP contribution in [-0.4, -0.2) is 48.7 Å². The number of aliphatic hydroxyl groups is 1. The van der Waals surface area contributed by atoms with Crippen LogP contribution in [0, 0.1) is 5.92 Å². The predicted octanol–water partition coefficient (Wildman–Crippen LogP) is 1.91. The predicted molar refractivity (Wildman–Crippen MR) is 78.4 cm³/mol. The largest absolute Gasteiger partial charge is 0.387 e. The van der Waals surface area contributed by atoms with Crippen molar-refractivity contribution in [3.8, 4) is 0 Å². The summed E-state index contributed by atoms with van der Waals surface area (Å²) in [5.74, 6) is 0.816. The average Bonchev–Trinajstić information content (AvgIpc) is 2.39. The Morgan fingerprint density at radius 3 is 2.53 bits per heavy atom. The Balaban J connectivity index is 1.90. The standard InChI is InChI=1S/C15H25N3O/c1-12(19)15-5-4-14(10-16-15)18-8-6-13(7-9-18)11-17(2)3/h4-5,10,12-13,19H,6-9,11H2,1-3H3. The van der Waals surface area contributed by atoms with Gasteiger partial charge in [0.25, 0.3) is 0 Å². The van der Waals surface area contributed by atoms with Crippen molar-refractivity contribution >= 4 is 5.69 Å². The fraction of sp³-hybridized carbons (Fsp3) is 0.667. The summed E-state index contributed by atoms with van der Waals surface area (Å²) in [5.41, 5.74) is 1.92. The maximum Gasteiger partial charge on any atom is 0.0931 e. The van der Waals surface area contributed by atoms with Crippen molar-refractivity contribution in [3.63, 3.8) is 0 Å². The zero-order valence-electron chi connectivity index (χ0n) is 12.2. The van der Waals surface area contributed by atoms with Crippen LogP contribution in [-0.2, 0) is 0 Å². The van der Waals surface area contributed by atoms with Gasteiger partial charge < -0.3 is 14.9 Å². The van der Waals surface area contributed by atoms with E-state index in [0.29, 0.717) is 0 Å². The van der Waals surface area contributed by atoms with Crippen LogP contribution in [0.25, 0.3) is 0 Å². The molecule has 1 saturated heterocycles. The molecule has 1 aromatic rings. The molecular weight excluding hydrogens is 238 g/mol. The van der Waals surface area contributed by atoms with E-state index in [-0.39, 0.29) is 0 Å². The second kappa shape index (κ2) is 6.35. The first-order valence-corrected chi connectivity index (χ1v) is 7.10. The number of piperidine rings is 1. The topological polar surface area (TPSA) is 39.6 Å². The van der Waals surface area contributed by atoms with Crippen molar-refractivity contribution in [2.24, 2.45) is 5.92 Å². The highest BCUT2D eigenvalue weighted by molar-refractivity contribution is 5.45. The summed E-state index contributed by atoms with van der Waals surface area (Å²) in [7, 11) is 4.29. The van der Waals surface area contributed by atoms with Crippen molar-refractivity contribution in [1.29, 1.82) is 0 Å². The first-order valence-electron chi connectivity index (χ1n) is 7.10. The van der Waals surface area contributed by atoms with E-state index in [1.165, 1.54) is 25.1 Å². The molecule has 0 aliphatic carbocycles. The number of hydrogen-bond acceptors (Lipinski definition) is 4. The zero-order valence-corrected chi connectivity index (χ0v) is 12.2. The Morgan fingerprint density at radius 1 is 1.37 bits per heavy atom. The Kier molecular flexibility index (Phi) is 4.77. The maximum absolute atomic E-state index is 9.46. The summed E-state index contributed by atoms with van der Waals surface area (Å²) < 4.78 is 0. The molecule has 0 spiro atoms. The van der Waals surface area contributed by atoms with Gasteiger partial charge in [-0.1, -0.05) is 0 Å². The number of anilines is 1. The van der Waals surface area contributed by atoms with Gasteiger partial charge in [-0.05, 0) is 51.9 Å². The van der Waals surface area contributed by atoms with E-state index in [4.69, 9.17) is 0 Å². The average molecular weight is 263 g/mol. The van der Waals surface area contributed by atoms with E-state index in [2.05, 4.69) is 34.9 Å². The molecule has 4 nitrogen and oxygen atoms in total. The quantitative estimate of drug-likeness (QED) is 0.901.